The van der Waals surface area contributed by atoms with Crippen LogP contribution in [0.1, 0.15) is 12.8 Å². The summed E-state index contributed by atoms with van der Waals surface area (Å²) >= 11 is 0. The molecule has 3 atom stereocenters. The largest absolute Gasteiger partial charge is 0.379 e. The average Bonchev–Trinajstić information content (AvgIpc) is 3.02. The standard InChI is InChI=1S/C15H22N2O/c1-3-14(17-5-7-18-8-6-17)4-2-12(1)15-9-13(15)10-16-11-15/h1-3,13-14,16H,4-11H2/t13-,14?,15+/m1/s1. The molecule has 3 heteroatoms. The predicted octanol–water partition coefficient (Wildman–Crippen LogP) is 1.18. The fourth-order valence-electron chi connectivity index (χ4n) is 3.95. The monoisotopic (exact) mass is 246 g/mol. The van der Waals surface area contributed by atoms with Crippen molar-refractivity contribution in [2.45, 2.75) is 18.9 Å². The molecule has 0 bridgehead atoms. The number of hydrogen-bond acceptors (Lipinski definition) is 3. The van der Waals surface area contributed by atoms with Crippen LogP contribution in [0.5, 0.6) is 0 Å². The molecule has 0 radical (unpaired) electrons. The van der Waals surface area contributed by atoms with E-state index in [0.29, 0.717) is 11.5 Å². The minimum absolute atomic E-state index is 0.534. The zero-order valence-electron chi connectivity index (χ0n) is 10.9. The van der Waals surface area contributed by atoms with Gasteiger partial charge in [0.05, 0.1) is 13.2 Å². The fourth-order valence-corrected chi connectivity index (χ4v) is 3.95. The minimum Gasteiger partial charge on any atom is -0.379 e. The van der Waals surface area contributed by atoms with Crippen molar-refractivity contribution in [3.05, 3.63) is 23.8 Å². The zero-order chi connectivity index (χ0) is 12.0. The maximum absolute atomic E-state index is 5.43. The lowest BCUT2D eigenvalue weighted by atomic mass is 9.88. The Kier molecular flexibility index (Phi) is 2.61. The summed E-state index contributed by atoms with van der Waals surface area (Å²) < 4.78 is 5.43. The Morgan fingerprint density at radius 1 is 1.33 bits per heavy atom. The molecule has 4 rings (SSSR count). The van der Waals surface area contributed by atoms with E-state index in [1.54, 1.807) is 5.57 Å². The van der Waals surface area contributed by atoms with Gasteiger partial charge in [0, 0.05) is 31.1 Å². The van der Waals surface area contributed by atoms with Gasteiger partial charge in [-0.15, -0.1) is 0 Å². The molecule has 1 N–H and O–H groups in total. The topological polar surface area (TPSA) is 24.5 Å². The van der Waals surface area contributed by atoms with Gasteiger partial charge in [-0.3, -0.25) is 4.90 Å². The third-order valence-corrected chi connectivity index (χ3v) is 5.23. The molecule has 3 nitrogen and oxygen atoms in total. The molecule has 1 saturated carbocycles. The van der Waals surface area contributed by atoms with Gasteiger partial charge in [-0.25, -0.2) is 0 Å². The van der Waals surface area contributed by atoms with Gasteiger partial charge >= 0.3 is 0 Å². The lowest BCUT2D eigenvalue weighted by Gasteiger charge is -2.34. The molecule has 3 fully saturated rings. The van der Waals surface area contributed by atoms with Crippen LogP contribution in [-0.4, -0.2) is 50.3 Å². The van der Waals surface area contributed by atoms with E-state index in [2.05, 4.69) is 28.4 Å². The van der Waals surface area contributed by atoms with E-state index in [1.807, 2.05) is 0 Å². The number of fused-ring (bicyclic) bond motifs is 1. The maximum Gasteiger partial charge on any atom is 0.0594 e. The Morgan fingerprint density at radius 3 is 2.83 bits per heavy atom. The van der Waals surface area contributed by atoms with Gasteiger partial charge in [-0.2, -0.15) is 0 Å². The number of rotatable bonds is 2. The Bertz CT molecular complexity index is 397. The van der Waals surface area contributed by atoms with Crippen LogP contribution >= 0.6 is 0 Å². The highest BCUT2D eigenvalue weighted by molar-refractivity contribution is 5.39. The molecule has 2 aliphatic heterocycles. The lowest BCUT2D eigenvalue weighted by Crippen LogP contribution is -2.43. The highest BCUT2D eigenvalue weighted by Gasteiger charge is 2.58. The molecule has 98 valence electrons. The van der Waals surface area contributed by atoms with Gasteiger partial charge in [0.15, 0.2) is 0 Å². The smallest absolute Gasteiger partial charge is 0.0594 e. The van der Waals surface area contributed by atoms with Gasteiger partial charge in [0.2, 0.25) is 0 Å². The molecular weight excluding hydrogens is 224 g/mol. The molecule has 18 heavy (non-hydrogen) atoms. The normalized spacial score (nSPS) is 43.7. The van der Waals surface area contributed by atoms with Crippen molar-refractivity contribution in [1.82, 2.24) is 10.2 Å². The van der Waals surface area contributed by atoms with Crippen LogP contribution < -0.4 is 5.32 Å². The third kappa shape index (κ3) is 1.68. The van der Waals surface area contributed by atoms with Crippen molar-refractivity contribution in [3.8, 4) is 0 Å². The molecule has 2 aliphatic carbocycles. The number of hydrogen-bond donors (Lipinski definition) is 1. The van der Waals surface area contributed by atoms with Crippen LogP contribution in [0, 0.1) is 11.3 Å². The summed E-state index contributed by atoms with van der Waals surface area (Å²) in [6.45, 7) is 6.42. The van der Waals surface area contributed by atoms with Crippen LogP contribution in [0.4, 0.5) is 0 Å². The zero-order valence-corrected chi connectivity index (χ0v) is 10.9. The summed E-state index contributed by atoms with van der Waals surface area (Å²) in [5.74, 6) is 0.924. The van der Waals surface area contributed by atoms with E-state index in [4.69, 9.17) is 4.74 Å². The summed E-state index contributed by atoms with van der Waals surface area (Å²) in [6, 6.07) is 0.612. The second-order valence-corrected chi connectivity index (χ2v) is 6.16. The van der Waals surface area contributed by atoms with E-state index in [-0.39, 0.29) is 0 Å². The van der Waals surface area contributed by atoms with Crippen LogP contribution in [0.25, 0.3) is 0 Å². The first-order valence-corrected chi connectivity index (χ1v) is 7.30. The highest BCUT2D eigenvalue weighted by atomic mass is 16.5. The Balaban J connectivity index is 1.43. The van der Waals surface area contributed by atoms with Gasteiger partial charge in [-0.05, 0) is 30.9 Å². The molecular formula is C15H22N2O. The van der Waals surface area contributed by atoms with Gasteiger partial charge < -0.3 is 10.1 Å². The quantitative estimate of drug-likeness (QED) is 0.792. The molecule has 1 unspecified atom stereocenters. The first-order chi connectivity index (χ1) is 8.88. The second-order valence-electron chi connectivity index (χ2n) is 6.16. The SMILES string of the molecule is C1=CC(N2CCOCC2)CC=C1[C@]12CNC[C@H]1C2. The van der Waals surface area contributed by atoms with E-state index >= 15 is 0 Å². The van der Waals surface area contributed by atoms with Crippen LogP contribution in [0.15, 0.2) is 23.8 Å². The lowest BCUT2D eigenvalue weighted by molar-refractivity contribution is 0.0258. The molecule has 0 amide bonds. The molecule has 4 aliphatic rings. The summed E-state index contributed by atoms with van der Waals surface area (Å²) in [4.78, 5) is 2.56. The Labute approximate surface area is 109 Å². The van der Waals surface area contributed by atoms with Crippen molar-refractivity contribution in [1.29, 1.82) is 0 Å². The maximum atomic E-state index is 5.43. The molecule has 0 aromatic rings. The van der Waals surface area contributed by atoms with Crippen molar-refractivity contribution >= 4 is 0 Å². The number of morpholine rings is 1. The minimum atomic E-state index is 0.534. The van der Waals surface area contributed by atoms with Gasteiger partial charge in [0.25, 0.3) is 0 Å². The van der Waals surface area contributed by atoms with Crippen molar-refractivity contribution in [2.75, 3.05) is 39.4 Å². The van der Waals surface area contributed by atoms with E-state index < -0.39 is 0 Å². The van der Waals surface area contributed by atoms with Crippen LogP contribution in [0.2, 0.25) is 0 Å². The highest BCUT2D eigenvalue weighted by Crippen LogP contribution is 2.60. The summed E-state index contributed by atoms with van der Waals surface area (Å²) in [6.07, 6.45) is 9.96. The molecule has 0 spiro atoms. The molecule has 0 aromatic carbocycles. The first kappa shape index (κ1) is 11.2. The Hall–Kier alpha value is -0.640. The van der Waals surface area contributed by atoms with Crippen LogP contribution in [0.3, 0.4) is 0 Å². The summed E-state index contributed by atoms with van der Waals surface area (Å²) in [5, 5.41) is 3.53. The molecule has 2 saturated heterocycles. The third-order valence-electron chi connectivity index (χ3n) is 5.23. The fraction of sp³-hybridized carbons (Fsp3) is 0.733. The number of ether oxygens (including phenoxy) is 1. The summed E-state index contributed by atoms with van der Waals surface area (Å²) in [5.41, 5.74) is 2.15. The van der Waals surface area contributed by atoms with E-state index in [0.717, 1.165) is 32.2 Å². The molecule has 0 aromatic heterocycles. The predicted molar refractivity (Wildman–Crippen MR) is 71.4 cm³/mol. The number of piperidine rings is 1. The van der Waals surface area contributed by atoms with E-state index in [1.165, 1.54) is 25.9 Å². The summed E-state index contributed by atoms with van der Waals surface area (Å²) in [7, 11) is 0. The average molecular weight is 246 g/mol. The number of nitrogens with one attached hydrogen (secondary N) is 1. The van der Waals surface area contributed by atoms with Crippen molar-refractivity contribution in [2.24, 2.45) is 11.3 Å². The first-order valence-electron chi connectivity index (χ1n) is 7.30. The number of nitrogens with zero attached hydrogens (tertiary/aromatic N) is 1. The van der Waals surface area contributed by atoms with Crippen LogP contribution in [-0.2, 0) is 4.74 Å². The van der Waals surface area contributed by atoms with Crippen molar-refractivity contribution < 1.29 is 4.74 Å². The number of allylic oxidation sites excluding steroid dienone is 1. The molecule has 2 heterocycles. The van der Waals surface area contributed by atoms with E-state index in [9.17, 15) is 0 Å². The van der Waals surface area contributed by atoms with Gasteiger partial charge in [0.1, 0.15) is 0 Å². The van der Waals surface area contributed by atoms with Crippen molar-refractivity contribution in [3.63, 3.8) is 0 Å². The second kappa shape index (κ2) is 4.19. The Morgan fingerprint density at radius 2 is 2.22 bits per heavy atom. The van der Waals surface area contributed by atoms with Gasteiger partial charge in [-0.1, -0.05) is 18.2 Å².